The van der Waals surface area contributed by atoms with Crippen LogP contribution in [0.1, 0.15) is 38.1 Å². The van der Waals surface area contributed by atoms with E-state index in [0.29, 0.717) is 27.9 Å². The smallest absolute Gasteiger partial charge is 0.495 e. The van der Waals surface area contributed by atoms with Gasteiger partial charge in [-0.1, -0.05) is 6.07 Å². The summed E-state index contributed by atoms with van der Waals surface area (Å²) < 4.78 is 37.0. The van der Waals surface area contributed by atoms with Crippen molar-refractivity contribution in [3.63, 3.8) is 0 Å². The van der Waals surface area contributed by atoms with E-state index in [1.165, 1.54) is 20.3 Å². The molecule has 1 fully saturated rings. The molecule has 0 aromatic heterocycles. The largest absolute Gasteiger partial charge is 0.497 e. The van der Waals surface area contributed by atoms with Crippen LogP contribution in [0.3, 0.4) is 0 Å². The number of carbonyl (C=O) groups is 1. The second-order valence-electron chi connectivity index (χ2n) is 7.73. The number of benzene rings is 2. The van der Waals surface area contributed by atoms with E-state index in [2.05, 4.69) is 0 Å². The van der Waals surface area contributed by atoms with Crippen molar-refractivity contribution in [3.8, 4) is 16.9 Å². The first-order valence-electron chi connectivity index (χ1n) is 9.01. The van der Waals surface area contributed by atoms with Crippen LogP contribution >= 0.6 is 0 Å². The Morgan fingerprint density at radius 2 is 1.61 bits per heavy atom. The van der Waals surface area contributed by atoms with Crippen molar-refractivity contribution in [1.82, 2.24) is 0 Å². The van der Waals surface area contributed by atoms with Crippen molar-refractivity contribution in [2.75, 3.05) is 14.2 Å². The van der Waals surface area contributed by atoms with Crippen LogP contribution in [0.2, 0.25) is 0 Å². The predicted molar refractivity (Wildman–Crippen MR) is 105 cm³/mol. The zero-order valence-corrected chi connectivity index (χ0v) is 17.0. The average Bonchev–Trinajstić information content (AvgIpc) is 2.88. The Morgan fingerprint density at radius 3 is 2.18 bits per heavy atom. The fourth-order valence-corrected chi connectivity index (χ4v) is 3.06. The van der Waals surface area contributed by atoms with Crippen LogP contribution < -0.4 is 10.2 Å². The lowest BCUT2D eigenvalue weighted by Crippen LogP contribution is -2.41. The number of halogens is 1. The van der Waals surface area contributed by atoms with Crippen molar-refractivity contribution in [2.24, 2.45) is 0 Å². The standard InChI is InChI=1S/C21H24BFO5/c1-20(2)21(3,4)28-22(27-20)17-11-13(19(24)26-6)7-9-15(17)16-12-14(25-5)8-10-18(16)23/h7-12H,1-6H3. The molecule has 1 saturated heterocycles. The van der Waals surface area contributed by atoms with E-state index < -0.39 is 30.1 Å². The molecule has 1 aliphatic heterocycles. The quantitative estimate of drug-likeness (QED) is 0.594. The first-order valence-corrected chi connectivity index (χ1v) is 9.01. The van der Waals surface area contributed by atoms with Crippen LogP contribution in [-0.2, 0) is 14.0 Å². The van der Waals surface area contributed by atoms with Crippen molar-refractivity contribution < 1.29 is 28.0 Å². The Bertz CT molecular complexity index is 894. The Kier molecular flexibility index (Phi) is 5.25. The molecule has 0 radical (unpaired) electrons. The number of carbonyl (C=O) groups excluding carboxylic acids is 1. The first-order chi connectivity index (χ1) is 13.1. The summed E-state index contributed by atoms with van der Waals surface area (Å²) >= 11 is 0. The molecule has 3 rings (SSSR count). The van der Waals surface area contributed by atoms with Gasteiger partial charge in [-0.2, -0.15) is 0 Å². The monoisotopic (exact) mass is 386 g/mol. The molecule has 0 unspecified atom stereocenters. The van der Waals surface area contributed by atoms with Gasteiger partial charge in [0.2, 0.25) is 0 Å². The molecule has 28 heavy (non-hydrogen) atoms. The normalized spacial score (nSPS) is 17.5. The topological polar surface area (TPSA) is 54.0 Å². The molecule has 0 atom stereocenters. The van der Waals surface area contributed by atoms with E-state index in [9.17, 15) is 9.18 Å². The van der Waals surface area contributed by atoms with E-state index >= 15 is 0 Å². The van der Waals surface area contributed by atoms with Gasteiger partial charge in [0.15, 0.2) is 0 Å². The molecule has 0 N–H and O–H groups in total. The van der Waals surface area contributed by atoms with Crippen LogP contribution in [0.15, 0.2) is 36.4 Å². The number of esters is 1. The lowest BCUT2D eigenvalue weighted by molar-refractivity contribution is 0.00578. The highest BCUT2D eigenvalue weighted by Crippen LogP contribution is 2.38. The van der Waals surface area contributed by atoms with E-state index in [4.69, 9.17) is 18.8 Å². The third-order valence-corrected chi connectivity index (χ3v) is 5.44. The SMILES string of the molecule is COC(=O)c1ccc(-c2cc(OC)ccc2F)c(B2OC(C)(C)C(C)(C)O2)c1. The van der Waals surface area contributed by atoms with Crippen LogP contribution in [0, 0.1) is 5.82 Å². The van der Waals surface area contributed by atoms with E-state index in [1.54, 1.807) is 30.3 Å². The number of ether oxygens (including phenoxy) is 2. The highest BCUT2D eigenvalue weighted by atomic mass is 19.1. The summed E-state index contributed by atoms with van der Waals surface area (Å²) in [5.74, 6) is -0.381. The molecule has 5 nitrogen and oxygen atoms in total. The number of hydrogen-bond donors (Lipinski definition) is 0. The van der Waals surface area contributed by atoms with Crippen LogP contribution in [0.4, 0.5) is 4.39 Å². The lowest BCUT2D eigenvalue weighted by atomic mass is 9.73. The second-order valence-corrected chi connectivity index (χ2v) is 7.73. The first kappa shape index (κ1) is 20.4. The second kappa shape index (κ2) is 7.22. The highest BCUT2D eigenvalue weighted by molar-refractivity contribution is 6.64. The molecule has 0 aliphatic carbocycles. The van der Waals surface area contributed by atoms with E-state index in [-0.39, 0.29) is 0 Å². The third kappa shape index (κ3) is 3.52. The molecule has 2 aromatic carbocycles. The summed E-state index contributed by atoms with van der Waals surface area (Å²) in [4.78, 5) is 12.1. The Hall–Kier alpha value is -2.38. The van der Waals surface area contributed by atoms with Crippen LogP contribution in [0.5, 0.6) is 5.75 Å². The van der Waals surface area contributed by atoms with Crippen molar-refractivity contribution in [2.45, 2.75) is 38.9 Å². The van der Waals surface area contributed by atoms with Crippen LogP contribution in [0.25, 0.3) is 11.1 Å². The summed E-state index contributed by atoms with van der Waals surface area (Å²) in [6, 6.07) is 9.39. The summed E-state index contributed by atoms with van der Waals surface area (Å²) in [6.07, 6.45) is 0. The maximum Gasteiger partial charge on any atom is 0.495 e. The van der Waals surface area contributed by atoms with Gasteiger partial charge in [-0.05, 0) is 69.1 Å². The summed E-state index contributed by atoms with van der Waals surface area (Å²) in [7, 11) is 2.06. The summed E-state index contributed by atoms with van der Waals surface area (Å²) in [5, 5.41) is 0. The maximum atomic E-state index is 14.7. The minimum Gasteiger partial charge on any atom is -0.497 e. The van der Waals surface area contributed by atoms with Gasteiger partial charge in [-0.15, -0.1) is 0 Å². The predicted octanol–water partition coefficient (Wildman–Crippen LogP) is 3.59. The molecule has 0 saturated carbocycles. The molecular formula is C21H24BFO5. The Morgan fingerprint density at radius 1 is 0.964 bits per heavy atom. The minimum absolute atomic E-state index is 0.333. The van der Waals surface area contributed by atoms with Gasteiger partial charge >= 0.3 is 13.1 Å². The van der Waals surface area contributed by atoms with Gasteiger partial charge in [0.05, 0.1) is 31.0 Å². The lowest BCUT2D eigenvalue weighted by Gasteiger charge is -2.32. The average molecular weight is 386 g/mol. The third-order valence-electron chi connectivity index (χ3n) is 5.44. The fourth-order valence-electron chi connectivity index (χ4n) is 3.06. The van der Waals surface area contributed by atoms with Gasteiger partial charge in [-0.3, -0.25) is 0 Å². The Balaban J connectivity index is 2.18. The zero-order chi connectivity index (χ0) is 20.7. The van der Waals surface area contributed by atoms with Gasteiger partial charge in [0, 0.05) is 5.56 Å². The summed E-state index contributed by atoms with van der Waals surface area (Å²) in [5.41, 5.74) is 0.614. The van der Waals surface area contributed by atoms with Gasteiger partial charge < -0.3 is 18.8 Å². The van der Waals surface area contributed by atoms with Crippen molar-refractivity contribution in [3.05, 3.63) is 47.8 Å². The highest BCUT2D eigenvalue weighted by Gasteiger charge is 2.52. The van der Waals surface area contributed by atoms with Gasteiger partial charge in [0.25, 0.3) is 0 Å². The minimum atomic E-state index is -0.768. The number of hydrogen-bond acceptors (Lipinski definition) is 5. The molecule has 2 aromatic rings. The molecule has 0 bridgehead atoms. The summed E-state index contributed by atoms with van der Waals surface area (Å²) in [6.45, 7) is 7.73. The van der Waals surface area contributed by atoms with E-state index in [1.807, 2.05) is 27.7 Å². The van der Waals surface area contributed by atoms with Crippen molar-refractivity contribution in [1.29, 1.82) is 0 Å². The fraction of sp³-hybridized carbons (Fsp3) is 0.381. The number of rotatable bonds is 4. The Labute approximate surface area is 164 Å². The molecule has 1 heterocycles. The molecule has 0 amide bonds. The maximum absolute atomic E-state index is 14.7. The van der Waals surface area contributed by atoms with Crippen molar-refractivity contribution >= 4 is 18.6 Å². The van der Waals surface area contributed by atoms with Crippen LogP contribution in [-0.4, -0.2) is 38.5 Å². The van der Waals surface area contributed by atoms with Gasteiger partial charge in [0.1, 0.15) is 11.6 Å². The molecule has 0 spiro atoms. The zero-order valence-electron chi connectivity index (χ0n) is 17.0. The molecule has 148 valence electrons. The molecule has 1 aliphatic rings. The van der Waals surface area contributed by atoms with E-state index in [0.717, 1.165) is 0 Å². The number of methoxy groups -OCH3 is 2. The van der Waals surface area contributed by atoms with Gasteiger partial charge in [-0.25, -0.2) is 9.18 Å². The molecule has 7 heteroatoms. The molecular weight excluding hydrogens is 362 g/mol.